The lowest BCUT2D eigenvalue weighted by Crippen LogP contribution is -2.24. The number of aryl methyl sites for hydroxylation is 2. The number of benzene rings is 1. The molecule has 1 saturated carbocycles. The van der Waals surface area contributed by atoms with Gasteiger partial charge in [0.2, 0.25) is 0 Å². The second-order valence-electron chi connectivity index (χ2n) is 5.11. The lowest BCUT2D eigenvalue weighted by Gasteiger charge is -2.17. The largest absolute Gasteiger partial charge is 0.301 e. The fraction of sp³-hybridized carbons (Fsp3) is 0.400. The fourth-order valence-electron chi connectivity index (χ4n) is 2.06. The van der Waals surface area contributed by atoms with E-state index in [1.165, 1.54) is 29.0 Å². The number of aromatic nitrogens is 1. The standard InChI is InChI=1S/C15H18N2S/c1-10-3-5-12(6-4-10)14(17-13-7-8-13)15-16-11(2)9-18-15/h3-6,9,13-14,17H,7-8H2,1-2H3. The zero-order valence-electron chi connectivity index (χ0n) is 10.8. The van der Waals surface area contributed by atoms with Crippen LogP contribution in [-0.2, 0) is 0 Å². The first-order valence-electron chi connectivity index (χ1n) is 6.47. The first-order valence-corrected chi connectivity index (χ1v) is 7.35. The van der Waals surface area contributed by atoms with Crippen molar-refractivity contribution in [2.75, 3.05) is 0 Å². The molecule has 2 nitrogen and oxygen atoms in total. The van der Waals surface area contributed by atoms with E-state index in [0.717, 1.165) is 5.69 Å². The molecule has 3 heteroatoms. The molecule has 0 saturated heterocycles. The van der Waals surface area contributed by atoms with Gasteiger partial charge in [-0.05, 0) is 32.3 Å². The maximum absolute atomic E-state index is 4.65. The fourth-order valence-corrected chi connectivity index (χ4v) is 2.94. The van der Waals surface area contributed by atoms with E-state index in [2.05, 4.69) is 53.8 Å². The van der Waals surface area contributed by atoms with E-state index in [4.69, 9.17) is 0 Å². The number of hydrogen-bond donors (Lipinski definition) is 1. The Morgan fingerprint density at radius 1 is 1.22 bits per heavy atom. The monoisotopic (exact) mass is 258 g/mol. The van der Waals surface area contributed by atoms with E-state index >= 15 is 0 Å². The number of thiazole rings is 1. The predicted octanol–water partition coefficient (Wildman–Crippen LogP) is 3.60. The smallest absolute Gasteiger partial charge is 0.114 e. The molecule has 0 amide bonds. The number of rotatable bonds is 4. The molecule has 3 rings (SSSR count). The van der Waals surface area contributed by atoms with Gasteiger partial charge < -0.3 is 5.32 Å². The number of nitrogens with zero attached hydrogens (tertiary/aromatic N) is 1. The first-order chi connectivity index (χ1) is 8.72. The molecule has 1 fully saturated rings. The van der Waals surface area contributed by atoms with E-state index < -0.39 is 0 Å². The summed E-state index contributed by atoms with van der Waals surface area (Å²) in [6.45, 7) is 4.18. The normalized spacial score (nSPS) is 16.8. The molecule has 1 atom stereocenters. The van der Waals surface area contributed by atoms with Gasteiger partial charge >= 0.3 is 0 Å². The average molecular weight is 258 g/mol. The van der Waals surface area contributed by atoms with Crippen LogP contribution in [0.3, 0.4) is 0 Å². The third kappa shape index (κ3) is 2.62. The van der Waals surface area contributed by atoms with Crippen LogP contribution in [0.25, 0.3) is 0 Å². The minimum atomic E-state index is 0.261. The summed E-state index contributed by atoms with van der Waals surface area (Å²) in [7, 11) is 0. The van der Waals surface area contributed by atoms with Gasteiger partial charge in [-0.15, -0.1) is 11.3 Å². The predicted molar refractivity (Wildman–Crippen MR) is 76.0 cm³/mol. The molecule has 1 aromatic heterocycles. The van der Waals surface area contributed by atoms with Crippen molar-refractivity contribution >= 4 is 11.3 Å². The van der Waals surface area contributed by atoms with Gasteiger partial charge in [-0.25, -0.2) is 4.98 Å². The Hall–Kier alpha value is -1.19. The van der Waals surface area contributed by atoms with Gasteiger partial charge in [0.1, 0.15) is 5.01 Å². The Kier molecular flexibility index (Phi) is 3.18. The molecule has 0 bridgehead atoms. The summed E-state index contributed by atoms with van der Waals surface area (Å²) in [6.07, 6.45) is 2.60. The molecule has 1 aliphatic carbocycles. The van der Waals surface area contributed by atoms with Crippen molar-refractivity contribution in [2.24, 2.45) is 0 Å². The number of hydrogen-bond acceptors (Lipinski definition) is 3. The van der Waals surface area contributed by atoms with Crippen LogP contribution in [0, 0.1) is 13.8 Å². The molecule has 0 aliphatic heterocycles. The summed E-state index contributed by atoms with van der Waals surface area (Å²) in [5.41, 5.74) is 3.74. The third-order valence-electron chi connectivity index (χ3n) is 3.27. The van der Waals surface area contributed by atoms with Gasteiger partial charge in [-0.3, -0.25) is 0 Å². The van der Waals surface area contributed by atoms with Crippen molar-refractivity contribution in [1.82, 2.24) is 10.3 Å². The lowest BCUT2D eigenvalue weighted by atomic mass is 10.1. The molecular formula is C15H18N2S. The summed E-state index contributed by atoms with van der Waals surface area (Å²) in [5, 5.41) is 7.02. The van der Waals surface area contributed by atoms with Crippen LogP contribution < -0.4 is 5.32 Å². The topological polar surface area (TPSA) is 24.9 Å². The van der Waals surface area contributed by atoms with Crippen LogP contribution >= 0.6 is 11.3 Å². The number of nitrogens with one attached hydrogen (secondary N) is 1. The maximum atomic E-state index is 4.65. The van der Waals surface area contributed by atoms with Gasteiger partial charge in [0, 0.05) is 17.1 Å². The summed E-state index contributed by atoms with van der Waals surface area (Å²) in [4.78, 5) is 4.65. The van der Waals surface area contributed by atoms with E-state index in [1.807, 2.05) is 0 Å². The van der Waals surface area contributed by atoms with Gasteiger partial charge in [-0.2, -0.15) is 0 Å². The molecule has 18 heavy (non-hydrogen) atoms. The van der Waals surface area contributed by atoms with E-state index in [9.17, 15) is 0 Å². The highest BCUT2D eigenvalue weighted by Gasteiger charge is 2.27. The molecule has 1 aliphatic rings. The lowest BCUT2D eigenvalue weighted by molar-refractivity contribution is 0.597. The summed E-state index contributed by atoms with van der Waals surface area (Å²) >= 11 is 1.75. The first kappa shape index (κ1) is 11.9. The van der Waals surface area contributed by atoms with Crippen LogP contribution in [0.2, 0.25) is 0 Å². The zero-order valence-corrected chi connectivity index (χ0v) is 11.6. The van der Waals surface area contributed by atoms with Crippen molar-refractivity contribution in [3.63, 3.8) is 0 Å². The Balaban J connectivity index is 1.91. The van der Waals surface area contributed by atoms with Crippen LogP contribution in [0.4, 0.5) is 0 Å². The molecule has 94 valence electrons. The van der Waals surface area contributed by atoms with Crippen molar-refractivity contribution in [3.8, 4) is 0 Å². The highest BCUT2D eigenvalue weighted by molar-refractivity contribution is 7.09. The van der Waals surface area contributed by atoms with E-state index in [-0.39, 0.29) is 6.04 Å². The zero-order chi connectivity index (χ0) is 12.5. The SMILES string of the molecule is Cc1ccc(C(NC2CC2)c2nc(C)cs2)cc1. The van der Waals surface area contributed by atoms with Crippen LogP contribution in [0.1, 0.15) is 40.7 Å². The molecule has 1 heterocycles. The minimum Gasteiger partial charge on any atom is -0.301 e. The van der Waals surface area contributed by atoms with Gasteiger partial charge in [-0.1, -0.05) is 29.8 Å². The molecule has 0 radical (unpaired) electrons. The van der Waals surface area contributed by atoms with E-state index in [0.29, 0.717) is 6.04 Å². The van der Waals surface area contributed by atoms with Crippen molar-refractivity contribution in [1.29, 1.82) is 0 Å². The molecule has 2 aromatic rings. The molecule has 1 unspecified atom stereocenters. The summed E-state index contributed by atoms with van der Waals surface area (Å²) in [6, 6.07) is 9.73. The van der Waals surface area contributed by atoms with Gasteiger partial charge in [0.25, 0.3) is 0 Å². The Morgan fingerprint density at radius 2 is 1.94 bits per heavy atom. The highest BCUT2D eigenvalue weighted by atomic mass is 32.1. The maximum Gasteiger partial charge on any atom is 0.114 e. The third-order valence-corrected chi connectivity index (χ3v) is 4.30. The minimum absolute atomic E-state index is 0.261. The van der Waals surface area contributed by atoms with Crippen LogP contribution in [-0.4, -0.2) is 11.0 Å². The quantitative estimate of drug-likeness (QED) is 0.906. The van der Waals surface area contributed by atoms with Crippen molar-refractivity contribution in [2.45, 2.75) is 38.8 Å². The van der Waals surface area contributed by atoms with E-state index in [1.54, 1.807) is 11.3 Å². The Bertz CT molecular complexity index is 526. The molecule has 0 spiro atoms. The van der Waals surface area contributed by atoms with Gasteiger partial charge in [0.15, 0.2) is 0 Å². The van der Waals surface area contributed by atoms with Crippen molar-refractivity contribution < 1.29 is 0 Å². The molecular weight excluding hydrogens is 240 g/mol. The molecule has 1 aromatic carbocycles. The second kappa shape index (κ2) is 4.82. The van der Waals surface area contributed by atoms with Crippen LogP contribution in [0.5, 0.6) is 0 Å². The summed E-state index contributed by atoms with van der Waals surface area (Å²) < 4.78 is 0. The Labute approximate surface area is 112 Å². The highest BCUT2D eigenvalue weighted by Crippen LogP contribution is 2.30. The Morgan fingerprint density at radius 3 is 2.50 bits per heavy atom. The second-order valence-corrected chi connectivity index (χ2v) is 6.00. The summed E-state index contributed by atoms with van der Waals surface area (Å²) in [5.74, 6) is 0. The van der Waals surface area contributed by atoms with Crippen LogP contribution in [0.15, 0.2) is 29.6 Å². The average Bonchev–Trinajstić information content (AvgIpc) is 3.09. The van der Waals surface area contributed by atoms with Crippen molar-refractivity contribution in [3.05, 3.63) is 51.5 Å². The molecule has 1 N–H and O–H groups in total. The van der Waals surface area contributed by atoms with Gasteiger partial charge in [0.05, 0.1) is 6.04 Å².